The third kappa shape index (κ3) is 4.49. The minimum atomic E-state index is -1.08. The van der Waals surface area contributed by atoms with Crippen LogP contribution in [0.1, 0.15) is 58.8 Å². The smallest absolute Gasteiger partial charge is 0.329 e. The Labute approximate surface area is 114 Å². The molecule has 19 heavy (non-hydrogen) atoms. The Kier molecular flexibility index (Phi) is 5.79. The van der Waals surface area contributed by atoms with Crippen LogP contribution in [0, 0.1) is 5.92 Å². The summed E-state index contributed by atoms with van der Waals surface area (Å²) >= 11 is 0. The molecule has 0 aromatic rings. The first-order valence-electron chi connectivity index (χ1n) is 7.17. The minimum Gasteiger partial charge on any atom is -0.480 e. The maximum absolute atomic E-state index is 12.0. The Morgan fingerprint density at radius 1 is 1.21 bits per heavy atom. The Hall–Kier alpha value is -1.10. The van der Waals surface area contributed by atoms with E-state index in [4.69, 9.17) is 5.73 Å². The van der Waals surface area contributed by atoms with E-state index < -0.39 is 11.5 Å². The lowest BCUT2D eigenvalue weighted by molar-refractivity contribution is -0.148. The lowest BCUT2D eigenvalue weighted by Gasteiger charge is -2.30. The Balaban J connectivity index is 2.67. The van der Waals surface area contributed by atoms with Crippen molar-refractivity contribution >= 4 is 11.9 Å². The fourth-order valence-electron chi connectivity index (χ4n) is 2.49. The second-order valence-corrected chi connectivity index (χ2v) is 5.96. The zero-order chi connectivity index (χ0) is 14.5. The summed E-state index contributed by atoms with van der Waals surface area (Å²) in [5.74, 6) is -0.952. The van der Waals surface area contributed by atoms with Gasteiger partial charge in [-0.15, -0.1) is 0 Å². The van der Waals surface area contributed by atoms with Crippen molar-refractivity contribution in [2.45, 2.75) is 70.4 Å². The molecule has 0 heterocycles. The van der Waals surface area contributed by atoms with Crippen molar-refractivity contribution in [2.75, 3.05) is 0 Å². The number of nitrogens with one attached hydrogen (secondary N) is 1. The van der Waals surface area contributed by atoms with Crippen molar-refractivity contribution in [3.8, 4) is 0 Å². The van der Waals surface area contributed by atoms with E-state index in [0.29, 0.717) is 12.8 Å². The summed E-state index contributed by atoms with van der Waals surface area (Å²) in [5, 5.41) is 12.2. The fourth-order valence-corrected chi connectivity index (χ4v) is 2.49. The molecule has 0 saturated heterocycles. The Morgan fingerprint density at radius 3 is 2.16 bits per heavy atom. The number of aliphatic carboxylic acids is 1. The zero-order valence-corrected chi connectivity index (χ0v) is 11.9. The van der Waals surface area contributed by atoms with Gasteiger partial charge in [-0.1, -0.05) is 39.5 Å². The van der Waals surface area contributed by atoms with Crippen LogP contribution in [0.15, 0.2) is 0 Å². The molecule has 0 spiro atoms. The molecule has 1 unspecified atom stereocenters. The topological polar surface area (TPSA) is 92.4 Å². The first-order chi connectivity index (χ1) is 8.87. The van der Waals surface area contributed by atoms with Crippen molar-refractivity contribution in [3.63, 3.8) is 0 Å². The molecule has 0 aromatic heterocycles. The summed E-state index contributed by atoms with van der Waals surface area (Å²) in [6, 6.07) is -0.225. The summed E-state index contributed by atoms with van der Waals surface area (Å²) in [5.41, 5.74) is 4.79. The molecule has 110 valence electrons. The Morgan fingerprint density at radius 2 is 1.74 bits per heavy atom. The van der Waals surface area contributed by atoms with Gasteiger partial charge in [-0.3, -0.25) is 4.79 Å². The predicted molar refractivity (Wildman–Crippen MR) is 73.6 cm³/mol. The molecule has 5 nitrogen and oxygen atoms in total. The molecule has 1 saturated carbocycles. The highest BCUT2D eigenvalue weighted by atomic mass is 16.4. The van der Waals surface area contributed by atoms with E-state index in [1.807, 2.05) is 13.8 Å². The van der Waals surface area contributed by atoms with E-state index in [0.717, 1.165) is 25.7 Å². The highest BCUT2D eigenvalue weighted by molar-refractivity contribution is 5.87. The SMILES string of the molecule is CC(C)C(N)CC(=O)NC1(C(=O)O)CCCCCC1. The van der Waals surface area contributed by atoms with Crippen molar-refractivity contribution in [3.05, 3.63) is 0 Å². The standard InChI is InChI=1S/C14H26N2O3/c1-10(2)11(15)9-12(17)16-14(13(18)19)7-5-3-4-6-8-14/h10-11H,3-9,15H2,1-2H3,(H,16,17)(H,18,19). The van der Waals surface area contributed by atoms with Crippen molar-refractivity contribution < 1.29 is 14.7 Å². The lowest BCUT2D eigenvalue weighted by atomic mass is 9.89. The molecule has 1 fully saturated rings. The van der Waals surface area contributed by atoms with Gasteiger partial charge in [0.2, 0.25) is 5.91 Å². The quantitative estimate of drug-likeness (QED) is 0.662. The third-order valence-electron chi connectivity index (χ3n) is 4.02. The van der Waals surface area contributed by atoms with E-state index in [1.54, 1.807) is 0 Å². The van der Waals surface area contributed by atoms with Gasteiger partial charge in [0.05, 0.1) is 0 Å². The van der Waals surface area contributed by atoms with Gasteiger partial charge in [0.1, 0.15) is 5.54 Å². The van der Waals surface area contributed by atoms with Crippen LogP contribution < -0.4 is 11.1 Å². The number of amides is 1. The van der Waals surface area contributed by atoms with Gasteiger partial charge in [0, 0.05) is 12.5 Å². The fraction of sp³-hybridized carbons (Fsp3) is 0.857. The van der Waals surface area contributed by atoms with Crippen LogP contribution in [0.25, 0.3) is 0 Å². The molecule has 1 atom stereocenters. The molecule has 0 aromatic carbocycles. The van der Waals surface area contributed by atoms with Crippen LogP contribution in [-0.4, -0.2) is 28.6 Å². The first kappa shape index (κ1) is 16.0. The molecule has 4 N–H and O–H groups in total. The van der Waals surface area contributed by atoms with Gasteiger partial charge in [0.15, 0.2) is 0 Å². The molecular formula is C14H26N2O3. The van der Waals surface area contributed by atoms with Crippen LogP contribution in [-0.2, 0) is 9.59 Å². The number of hydrogen-bond acceptors (Lipinski definition) is 3. The first-order valence-corrected chi connectivity index (χ1v) is 7.17. The van der Waals surface area contributed by atoms with E-state index in [1.165, 1.54) is 0 Å². The molecule has 1 aliphatic rings. The summed E-state index contributed by atoms with van der Waals surface area (Å²) < 4.78 is 0. The highest BCUT2D eigenvalue weighted by Gasteiger charge is 2.40. The number of carbonyl (C=O) groups is 2. The average molecular weight is 270 g/mol. The monoisotopic (exact) mass is 270 g/mol. The van der Waals surface area contributed by atoms with Gasteiger partial charge >= 0.3 is 5.97 Å². The largest absolute Gasteiger partial charge is 0.480 e. The number of carbonyl (C=O) groups excluding carboxylic acids is 1. The van der Waals surface area contributed by atoms with Crippen LogP contribution in [0.5, 0.6) is 0 Å². The predicted octanol–water partition coefficient (Wildman–Crippen LogP) is 1.65. The number of carboxylic acid groups (broad SMARTS) is 1. The van der Waals surface area contributed by atoms with Gasteiger partial charge in [-0.2, -0.15) is 0 Å². The number of nitrogens with two attached hydrogens (primary N) is 1. The minimum absolute atomic E-state index is 0.187. The Bertz CT molecular complexity index is 321. The summed E-state index contributed by atoms with van der Waals surface area (Å²) in [4.78, 5) is 23.5. The highest BCUT2D eigenvalue weighted by Crippen LogP contribution is 2.27. The zero-order valence-electron chi connectivity index (χ0n) is 11.9. The van der Waals surface area contributed by atoms with Crippen molar-refractivity contribution in [1.29, 1.82) is 0 Å². The normalized spacial score (nSPS) is 20.6. The van der Waals surface area contributed by atoms with Gasteiger partial charge in [0.25, 0.3) is 0 Å². The van der Waals surface area contributed by atoms with E-state index >= 15 is 0 Å². The molecule has 5 heteroatoms. The average Bonchev–Trinajstić information content (AvgIpc) is 2.55. The molecule has 0 bridgehead atoms. The van der Waals surface area contributed by atoms with Gasteiger partial charge < -0.3 is 16.2 Å². The lowest BCUT2D eigenvalue weighted by Crippen LogP contribution is -2.55. The second kappa shape index (κ2) is 6.89. The maximum atomic E-state index is 12.0. The molecule has 0 aliphatic heterocycles. The third-order valence-corrected chi connectivity index (χ3v) is 4.02. The number of carboxylic acids is 1. The maximum Gasteiger partial charge on any atom is 0.329 e. The molecule has 1 amide bonds. The van der Waals surface area contributed by atoms with Crippen LogP contribution in [0.3, 0.4) is 0 Å². The van der Waals surface area contributed by atoms with Crippen LogP contribution in [0.4, 0.5) is 0 Å². The number of hydrogen-bond donors (Lipinski definition) is 3. The molecular weight excluding hydrogens is 244 g/mol. The molecule has 1 aliphatic carbocycles. The van der Waals surface area contributed by atoms with Crippen LogP contribution in [0.2, 0.25) is 0 Å². The van der Waals surface area contributed by atoms with E-state index in [-0.39, 0.29) is 24.3 Å². The van der Waals surface area contributed by atoms with E-state index in [9.17, 15) is 14.7 Å². The number of rotatable bonds is 5. The molecule has 1 rings (SSSR count). The summed E-state index contributed by atoms with van der Waals surface area (Å²) in [6.07, 6.45) is 5.00. The molecule has 0 radical (unpaired) electrons. The summed E-state index contributed by atoms with van der Waals surface area (Å²) in [6.45, 7) is 3.91. The van der Waals surface area contributed by atoms with Crippen molar-refractivity contribution in [2.24, 2.45) is 11.7 Å². The van der Waals surface area contributed by atoms with E-state index in [2.05, 4.69) is 5.32 Å². The van der Waals surface area contributed by atoms with Gasteiger partial charge in [-0.05, 0) is 18.8 Å². The second-order valence-electron chi connectivity index (χ2n) is 5.96. The van der Waals surface area contributed by atoms with Crippen LogP contribution >= 0.6 is 0 Å². The van der Waals surface area contributed by atoms with Gasteiger partial charge in [-0.25, -0.2) is 4.79 Å². The van der Waals surface area contributed by atoms with Crippen molar-refractivity contribution in [1.82, 2.24) is 5.32 Å². The summed E-state index contributed by atoms with van der Waals surface area (Å²) in [7, 11) is 0.